The zero-order valence-electron chi connectivity index (χ0n) is 24.0. The fraction of sp³-hybridized carbons (Fsp3) is 0.429. The van der Waals surface area contributed by atoms with Crippen LogP contribution in [0.1, 0.15) is 37.6 Å². The van der Waals surface area contributed by atoms with Crippen molar-refractivity contribution < 1.29 is 4.43 Å². The Labute approximate surface area is 231 Å². The van der Waals surface area contributed by atoms with Crippen molar-refractivity contribution in [2.45, 2.75) is 59.2 Å². The first-order valence-corrected chi connectivity index (χ1v) is 16.7. The molecule has 0 unspecified atom stereocenters. The molecule has 4 rings (SSSR count). The quantitative estimate of drug-likeness (QED) is 0.231. The summed E-state index contributed by atoms with van der Waals surface area (Å²) in [7, 11) is 2.09. The molecule has 0 aliphatic heterocycles. The maximum absolute atomic E-state index is 6.58. The number of hydrogen-bond donors (Lipinski definition) is 1. The van der Waals surface area contributed by atoms with Gasteiger partial charge in [0.05, 0.1) is 17.6 Å². The summed E-state index contributed by atoms with van der Waals surface area (Å²) in [5, 5.41) is 11.5. The molecular weight excluding hydrogens is 511 g/mol. The third-order valence-electron chi connectivity index (χ3n) is 7.14. The topological polar surface area (TPSA) is 81.0 Å². The monoisotopic (exact) mass is 549 g/mol. The third-order valence-corrected chi connectivity index (χ3v) is 12.5. The predicted molar refractivity (Wildman–Crippen MR) is 161 cm³/mol. The van der Waals surface area contributed by atoms with E-state index in [1.54, 1.807) is 17.5 Å². The number of aryl methyl sites for hydroxylation is 2. The lowest BCUT2D eigenvalue weighted by Gasteiger charge is -2.36. The Morgan fingerprint density at radius 2 is 1.89 bits per heavy atom. The molecule has 10 heteroatoms. The average molecular weight is 550 g/mol. The van der Waals surface area contributed by atoms with Crippen molar-refractivity contribution in [1.29, 1.82) is 0 Å². The molecule has 0 fully saturated rings. The summed E-state index contributed by atoms with van der Waals surface area (Å²) < 4.78 is 8.51. The zero-order chi connectivity index (χ0) is 27.7. The third kappa shape index (κ3) is 6.14. The van der Waals surface area contributed by atoms with Crippen molar-refractivity contribution in [1.82, 2.24) is 24.7 Å². The van der Waals surface area contributed by atoms with Gasteiger partial charge in [0.2, 0.25) is 0 Å². The second kappa shape index (κ2) is 11.0. The van der Waals surface area contributed by atoms with Crippen LogP contribution in [-0.4, -0.2) is 53.8 Å². The molecule has 4 aromatic rings. The van der Waals surface area contributed by atoms with E-state index in [0.717, 1.165) is 50.5 Å². The van der Waals surface area contributed by atoms with Crippen LogP contribution in [0.15, 0.2) is 42.2 Å². The van der Waals surface area contributed by atoms with Gasteiger partial charge in [-0.1, -0.05) is 20.8 Å². The number of rotatable bonds is 9. The molecule has 0 amide bonds. The van der Waals surface area contributed by atoms with Crippen LogP contribution >= 0.6 is 11.3 Å². The van der Waals surface area contributed by atoms with Crippen LogP contribution in [0.25, 0.3) is 16.4 Å². The van der Waals surface area contributed by atoms with Gasteiger partial charge in [-0.05, 0) is 55.7 Å². The van der Waals surface area contributed by atoms with Crippen LogP contribution < -0.4 is 10.2 Å². The van der Waals surface area contributed by atoms with E-state index in [4.69, 9.17) is 14.5 Å². The molecule has 8 nitrogen and oxygen atoms in total. The highest BCUT2D eigenvalue weighted by atomic mass is 32.1. The predicted octanol–water partition coefficient (Wildman–Crippen LogP) is 6.78. The molecule has 0 radical (unpaired) electrons. The summed E-state index contributed by atoms with van der Waals surface area (Å²) in [5.41, 5.74) is 5.82. The second-order valence-electron chi connectivity index (χ2n) is 11.3. The fourth-order valence-electron chi connectivity index (χ4n) is 3.83. The molecule has 0 aliphatic carbocycles. The minimum atomic E-state index is -1.90. The summed E-state index contributed by atoms with van der Waals surface area (Å²) >= 11 is 1.58. The first-order valence-electron chi connectivity index (χ1n) is 12.9. The van der Waals surface area contributed by atoms with Crippen molar-refractivity contribution in [2.75, 3.05) is 30.9 Å². The molecule has 0 atom stereocenters. The van der Waals surface area contributed by atoms with E-state index in [1.807, 2.05) is 54.4 Å². The summed E-state index contributed by atoms with van der Waals surface area (Å²) in [6.45, 7) is 16.1. The van der Waals surface area contributed by atoms with Gasteiger partial charge in [0.25, 0.3) is 0 Å². The molecule has 0 saturated heterocycles. The lowest BCUT2D eigenvalue weighted by Crippen LogP contribution is -2.41. The van der Waals surface area contributed by atoms with Gasteiger partial charge in [-0.2, -0.15) is 5.10 Å². The fourth-order valence-corrected chi connectivity index (χ4v) is 5.48. The number of nitrogens with zero attached hydrogens (tertiary/aromatic N) is 6. The highest BCUT2D eigenvalue weighted by Crippen LogP contribution is 2.37. The molecule has 202 valence electrons. The number of aromatic nitrogens is 5. The Bertz CT molecular complexity index is 1390. The lowest BCUT2D eigenvalue weighted by molar-refractivity contribution is 0.292. The maximum Gasteiger partial charge on any atom is 0.191 e. The van der Waals surface area contributed by atoms with E-state index < -0.39 is 8.32 Å². The lowest BCUT2D eigenvalue weighted by atomic mass is 10.1. The minimum Gasteiger partial charge on any atom is -0.416 e. The second-order valence-corrected chi connectivity index (χ2v) is 17.0. The maximum atomic E-state index is 6.58. The Balaban J connectivity index is 1.74. The van der Waals surface area contributed by atoms with E-state index in [1.165, 1.54) is 0 Å². The van der Waals surface area contributed by atoms with E-state index in [0.29, 0.717) is 13.0 Å². The Morgan fingerprint density at radius 3 is 2.53 bits per heavy atom. The first-order chi connectivity index (χ1) is 17.9. The van der Waals surface area contributed by atoms with E-state index in [9.17, 15) is 0 Å². The molecule has 4 heterocycles. The highest BCUT2D eigenvalue weighted by molar-refractivity contribution is 7.13. The van der Waals surface area contributed by atoms with Crippen molar-refractivity contribution in [3.63, 3.8) is 0 Å². The highest BCUT2D eigenvalue weighted by Gasteiger charge is 2.37. The Kier molecular flexibility index (Phi) is 8.05. The van der Waals surface area contributed by atoms with Crippen LogP contribution in [0.5, 0.6) is 0 Å². The number of pyridine rings is 2. The molecule has 38 heavy (non-hydrogen) atoms. The van der Waals surface area contributed by atoms with Crippen molar-refractivity contribution in [3.8, 4) is 16.4 Å². The van der Waals surface area contributed by atoms with Gasteiger partial charge >= 0.3 is 0 Å². The minimum absolute atomic E-state index is 0.143. The first kappa shape index (κ1) is 27.9. The van der Waals surface area contributed by atoms with Crippen LogP contribution in [0.4, 0.5) is 17.3 Å². The molecular formula is C28H39N7OSSi. The van der Waals surface area contributed by atoms with E-state index >= 15 is 0 Å². The van der Waals surface area contributed by atoms with Crippen LogP contribution in [0.3, 0.4) is 0 Å². The number of anilines is 3. The normalized spacial score (nSPS) is 12.1. The number of hydrogen-bond acceptors (Lipinski definition) is 8. The van der Waals surface area contributed by atoms with E-state index in [2.05, 4.69) is 68.2 Å². The largest absolute Gasteiger partial charge is 0.416 e. The molecule has 1 N–H and O–H groups in total. The molecule has 0 aliphatic rings. The molecule has 0 bridgehead atoms. The summed E-state index contributed by atoms with van der Waals surface area (Å²) in [6, 6.07) is 6.17. The smallest absolute Gasteiger partial charge is 0.191 e. The standard InChI is InChI=1S/C28H39N7OSSi/c1-19-16-25(34(6)7)30-18-23(19)32-26-21(11-14-36-38(8,9)28(3,4)5)24(17-20(2)31-26)35-13-10-22(33-35)27-29-12-15-37-27/h10,12-13,15-18H,11,14H2,1-9H3,(H,31,32). The van der Waals surface area contributed by atoms with Gasteiger partial charge in [0.15, 0.2) is 8.32 Å². The van der Waals surface area contributed by atoms with Crippen molar-refractivity contribution in [2.24, 2.45) is 0 Å². The van der Waals surface area contributed by atoms with Crippen molar-refractivity contribution in [3.05, 3.63) is 59.0 Å². The summed E-state index contributed by atoms with van der Waals surface area (Å²) in [6.07, 6.45) is 6.37. The van der Waals surface area contributed by atoms with Crippen LogP contribution in [-0.2, 0) is 10.8 Å². The molecule has 0 saturated carbocycles. The van der Waals surface area contributed by atoms with Crippen LogP contribution in [0, 0.1) is 13.8 Å². The number of nitrogens with one attached hydrogen (secondary N) is 1. The van der Waals surface area contributed by atoms with Crippen molar-refractivity contribution >= 4 is 37.0 Å². The van der Waals surface area contributed by atoms with Gasteiger partial charge < -0.3 is 14.6 Å². The van der Waals surface area contributed by atoms with Gasteiger partial charge in [0.1, 0.15) is 22.3 Å². The SMILES string of the molecule is Cc1cc(-n2ccc(-c3nccs3)n2)c(CCO[Si](C)(C)C(C)(C)C)c(Nc2cnc(N(C)C)cc2C)n1. The Morgan fingerprint density at radius 1 is 1.13 bits per heavy atom. The zero-order valence-corrected chi connectivity index (χ0v) is 25.8. The van der Waals surface area contributed by atoms with Crippen LogP contribution in [0.2, 0.25) is 18.1 Å². The van der Waals surface area contributed by atoms with Gasteiger partial charge in [-0.25, -0.2) is 19.6 Å². The molecule has 0 spiro atoms. The van der Waals surface area contributed by atoms with Gasteiger partial charge in [-0.15, -0.1) is 11.3 Å². The van der Waals surface area contributed by atoms with E-state index in [-0.39, 0.29) is 5.04 Å². The number of thiazole rings is 1. The van der Waals surface area contributed by atoms with Gasteiger partial charge in [0, 0.05) is 56.2 Å². The summed E-state index contributed by atoms with van der Waals surface area (Å²) in [4.78, 5) is 16.0. The molecule has 0 aromatic carbocycles. The Hall–Kier alpha value is -3.08. The summed E-state index contributed by atoms with van der Waals surface area (Å²) in [5.74, 6) is 1.72. The molecule has 4 aromatic heterocycles. The average Bonchev–Trinajstić information content (AvgIpc) is 3.52. The van der Waals surface area contributed by atoms with Gasteiger partial charge in [-0.3, -0.25) is 0 Å².